The normalized spacial score (nSPS) is 14.5. The van der Waals surface area contributed by atoms with E-state index in [1.165, 1.54) is 9.21 Å². The topological polar surface area (TPSA) is 86.8 Å². The van der Waals surface area contributed by atoms with E-state index in [0.717, 1.165) is 47.9 Å². The van der Waals surface area contributed by atoms with Crippen LogP contribution in [0, 0.1) is 20.8 Å². The Morgan fingerprint density at radius 1 is 0.875 bits per heavy atom. The number of hydrogen-bond donors (Lipinski definition) is 1. The smallest absolute Gasteiger partial charge is 0.264 e. The molecule has 1 aliphatic carbocycles. The summed E-state index contributed by atoms with van der Waals surface area (Å²) in [5, 5.41) is 3.11. The van der Waals surface area contributed by atoms with Gasteiger partial charge in [-0.15, -0.1) is 0 Å². The molecular formula is C32H39N3O4S. The molecule has 3 aromatic carbocycles. The van der Waals surface area contributed by atoms with E-state index in [0.29, 0.717) is 5.69 Å². The third-order valence-corrected chi connectivity index (χ3v) is 9.52. The number of aryl methyl sites for hydroxylation is 3. The lowest BCUT2D eigenvalue weighted by Crippen LogP contribution is -2.52. The van der Waals surface area contributed by atoms with Crippen LogP contribution in [0.3, 0.4) is 0 Å². The van der Waals surface area contributed by atoms with E-state index in [9.17, 15) is 18.0 Å². The fourth-order valence-electron chi connectivity index (χ4n) is 5.14. The van der Waals surface area contributed by atoms with E-state index in [2.05, 4.69) is 5.32 Å². The van der Waals surface area contributed by atoms with Crippen LogP contribution in [0.5, 0.6) is 0 Å². The maximum Gasteiger partial charge on any atom is 0.264 e. The van der Waals surface area contributed by atoms with Crippen LogP contribution in [-0.4, -0.2) is 43.8 Å². The molecule has 0 radical (unpaired) electrons. The van der Waals surface area contributed by atoms with Crippen molar-refractivity contribution in [3.8, 4) is 0 Å². The zero-order valence-electron chi connectivity index (χ0n) is 23.8. The number of para-hydroxylation sites is 1. The van der Waals surface area contributed by atoms with Crippen molar-refractivity contribution < 1.29 is 18.0 Å². The van der Waals surface area contributed by atoms with Crippen molar-refractivity contribution in [1.29, 1.82) is 0 Å². The van der Waals surface area contributed by atoms with Gasteiger partial charge in [-0.3, -0.25) is 13.9 Å². The lowest BCUT2D eigenvalue weighted by Gasteiger charge is -2.33. The number of sulfonamides is 1. The minimum Gasteiger partial charge on any atom is -0.352 e. The molecule has 40 heavy (non-hydrogen) atoms. The van der Waals surface area contributed by atoms with Gasteiger partial charge in [0.25, 0.3) is 10.0 Å². The summed E-state index contributed by atoms with van der Waals surface area (Å²) in [6, 6.07) is 20.7. The van der Waals surface area contributed by atoms with Crippen molar-refractivity contribution in [2.75, 3.05) is 10.8 Å². The highest BCUT2D eigenvalue weighted by Gasteiger charge is 2.34. The Balaban J connectivity index is 1.70. The van der Waals surface area contributed by atoms with E-state index in [1.54, 1.807) is 43.3 Å². The molecule has 0 spiro atoms. The molecule has 1 unspecified atom stereocenters. The maximum atomic E-state index is 14.1. The van der Waals surface area contributed by atoms with Gasteiger partial charge in [-0.05, 0) is 75.4 Å². The quantitative estimate of drug-likeness (QED) is 0.365. The Morgan fingerprint density at radius 3 is 2.10 bits per heavy atom. The molecule has 1 N–H and O–H groups in total. The SMILES string of the molecule is Cc1ccc(S(=O)(=O)N(CC(=O)N(Cc2ccccc2C)C(C)C(=O)NC2CCCC2)c2ccccc2C)cc1. The van der Waals surface area contributed by atoms with Crippen LogP contribution < -0.4 is 9.62 Å². The number of amides is 2. The van der Waals surface area contributed by atoms with Crippen LogP contribution in [0.25, 0.3) is 0 Å². The van der Waals surface area contributed by atoms with Crippen molar-refractivity contribution in [3.63, 3.8) is 0 Å². The molecule has 0 saturated heterocycles. The zero-order chi connectivity index (χ0) is 28.9. The van der Waals surface area contributed by atoms with E-state index in [-0.39, 0.29) is 23.4 Å². The van der Waals surface area contributed by atoms with E-state index >= 15 is 0 Å². The summed E-state index contributed by atoms with van der Waals surface area (Å²) in [4.78, 5) is 29.1. The summed E-state index contributed by atoms with van der Waals surface area (Å²) in [5.41, 5.74) is 3.98. The lowest BCUT2D eigenvalue weighted by atomic mass is 10.1. The second-order valence-electron chi connectivity index (χ2n) is 10.7. The number of nitrogens with one attached hydrogen (secondary N) is 1. The van der Waals surface area contributed by atoms with Crippen LogP contribution >= 0.6 is 0 Å². The summed E-state index contributed by atoms with van der Waals surface area (Å²) in [6.45, 7) is 7.14. The first-order valence-electron chi connectivity index (χ1n) is 13.9. The van der Waals surface area contributed by atoms with Crippen LogP contribution in [0.2, 0.25) is 0 Å². The first kappa shape index (κ1) is 29.3. The maximum absolute atomic E-state index is 14.1. The molecule has 8 heteroatoms. The highest BCUT2D eigenvalue weighted by atomic mass is 32.2. The number of anilines is 1. The molecule has 1 fully saturated rings. The highest BCUT2D eigenvalue weighted by Crippen LogP contribution is 2.28. The van der Waals surface area contributed by atoms with Crippen molar-refractivity contribution in [2.45, 2.75) is 76.9 Å². The molecule has 0 bridgehead atoms. The average molecular weight is 562 g/mol. The van der Waals surface area contributed by atoms with Crippen LogP contribution in [0.1, 0.15) is 54.9 Å². The van der Waals surface area contributed by atoms with E-state index in [1.807, 2.05) is 57.2 Å². The summed E-state index contributed by atoms with van der Waals surface area (Å²) in [5.74, 6) is -0.672. The Morgan fingerprint density at radius 2 is 1.48 bits per heavy atom. The fraction of sp³-hybridized carbons (Fsp3) is 0.375. The number of rotatable bonds is 10. The van der Waals surface area contributed by atoms with Gasteiger partial charge in [0.1, 0.15) is 12.6 Å². The Hall–Kier alpha value is -3.65. The first-order chi connectivity index (χ1) is 19.1. The van der Waals surface area contributed by atoms with Crippen molar-refractivity contribution >= 4 is 27.5 Å². The molecule has 1 aliphatic rings. The highest BCUT2D eigenvalue weighted by molar-refractivity contribution is 7.92. The van der Waals surface area contributed by atoms with Crippen LogP contribution in [0.15, 0.2) is 77.7 Å². The Bertz CT molecular complexity index is 1450. The monoisotopic (exact) mass is 561 g/mol. The van der Waals surface area contributed by atoms with Gasteiger partial charge in [0, 0.05) is 12.6 Å². The molecule has 1 saturated carbocycles. The van der Waals surface area contributed by atoms with E-state index < -0.39 is 28.5 Å². The summed E-state index contributed by atoms with van der Waals surface area (Å²) >= 11 is 0. The third kappa shape index (κ3) is 6.73. The number of carbonyl (C=O) groups excluding carboxylic acids is 2. The number of nitrogens with zero attached hydrogens (tertiary/aromatic N) is 2. The second kappa shape index (κ2) is 12.7. The average Bonchev–Trinajstić information content (AvgIpc) is 3.44. The Kier molecular flexibility index (Phi) is 9.30. The van der Waals surface area contributed by atoms with Gasteiger partial charge in [0.15, 0.2) is 0 Å². The summed E-state index contributed by atoms with van der Waals surface area (Å²) in [7, 11) is -4.08. The van der Waals surface area contributed by atoms with Gasteiger partial charge in [0.05, 0.1) is 10.6 Å². The minimum atomic E-state index is -4.08. The lowest BCUT2D eigenvalue weighted by molar-refractivity contribution is -0.139. The van der Waals surface area contributed by atoms with Gasteiger partial charge in [-0.2, -0.15) is 0 Å². The number of carbonyl (C=O) groups is 2. The third-order valence-electron chi connectivity index (χ3n) is 7.74. The summed E-state index contributed by atoms with van der Waals surface area (Å²) in [6.07, 6.45) is 4.01. The molecule has 0 aromatic heterocycles. The van der Waals surface area contributed by atoms with Gasteiger partial charge >= 0.3 is 0 Å². The standard InChI is InChI=1S/C32H39N3O4S/c1-23-17-19-29(20-18-23)40(38,39)35(30-16-10-6-12-25(30)3)22-31(36)34(21-27-13-7-5-11-24(27)2)26(4)32(37)33-28-14-8-9-15-28/h5-7,10-13,16-20,26,28H,8-9,14-15,21-22H2,1-4H3,(H,33,37). The number of benzene rings is 3. The second-order valence-corrected chi connectivity index (χ2v) is 12.6. The predicted molar refractivity (Wildman–Crippen MR) is 158 cm³/mol. The molecule has 0 heterocycles. The first-order valence-corrected chi connectivity index (χ1v) is 15.3. The molecule has 212 valence electrons. The van der Waals surface area contributed by atoms with Gasteiger partial charge < -0.3 is 10.2 Å². The number of hydrogen-bond acceptors (Lipinski definition) is 4. The van der Waals surface area contributed by atoms with Gasteiger partial charge in [-0.25, -0.2) is 8.42 Å². The molecule has 0 aliphatic heterocycles. The van der Waals surface area contributed by atoms with Gasteiger partial charge in [0.2, 0.25) is 11.8 Å². The molecule has 7 nitrogen and oxygen atoms in total. The predicted octanol–water partition coefficient (Wildman–Crippen LogP) is 5.28. The van der Waals surface area contributed by atoms with Crippen LogP contribution in [-0.2, 0) is 26.2 Å². The molecular weight excluding hydrogens is 522 g/mol. The molecule has 3 aromatic rings. The van der Waals surface area contributed by atoms with Crippen molar-refractivity contribution in [3.05, 3.63) is 95.1 Å². The fourth-order valence-corrected chi connectivity index (χ4v) is 6.62. The van der Waals surface area contributed by atoms with Crippen molar-refractivity contribution in [2.24, 2.45) is 0 Å². The minimum absolute atomic E-state index is 0.103. The largest absolute Gasteiger partial charge is 0.352 e. The molecule has 1 atom stereocenters. The molecule has 2 amide bonds. The van der Waals surface area contributed by atoms with E-state index in [4.69, 9.17) is 0 Å². The molecule has 4 rings (SSSR count). The summed E-state index contributed by atoms with van der Waals surface area (Å²) < 4.78 is 29.1. The van der Waals surface area contributed by atoms with Gasteiger partial charge in [-0.1, -0.05) is 73.0 Å². The Labute approximate surface area is 238 Å². The zero-order valence-corrected chi connectivity index (χ0v) is 24.6. The van der Waals surface area contributed by atoms with Crippen LogP contribution in [0.4, 0.5) is 5.69 Å². The van der Waals surface area contributed by atoms with Crippen molar-refractivity contribution in [1.82, 2.24) is 10.2 Å².